The zero-order valence-corrected chi connectivity index (χ0v) is 15.3. The molecule has 142 valence electrons. The van der Waals surface area contributed by atoms with Crippen molar-refractivity contribution in [1.82, 2.24) is 0 Å². The van der Waals surface area contributed by atoms with Crippen LogP contribution in [0.4, 0.5) is 13.2 Å². The van der Waals surface area contributed by atoms with Crippen LogP contribution in [0.25, 0.3) is 0 Å². The molecule has 0 aromatic heterocycles. The first-order chi connectivity index (χ1) is 12.5. The number of unbranched alkanes of at least 4 members (excludes halogenated alkanes) is 2. The van der Waals surface area contributed by atoms with Gasteiger partial charge in [-0.2, -0.15) is 0 Å². The second-order valence-corrected chi connectivity index (χ2v) is 6.98. The average Bonchev–Trinajstić information content (AvgIpc) is 2.60. The van der Waals surface area contributed by atoms with E-state index in [4.69, 9.17) is 0 Å². The molecule has 0 radical (unpaired) electrons. The molecule has 0 aliphatic heterocycles. The quantitative estimate of drug-likeness (QED) is 0.395. The van der Waals surface area contributed by atoms with Gasteiger partial charge in [-0.05, 0) is 67.9 Å². The smallest absolute Gasteiger partial charge is 0.406 e. The highest BCUT2D eigenvalue weighted by Gasteiger charge is 2.30. The van der Waals surface area contributed by atoms with Gasteiger partial charge in [0.25, 0.3) is 0 Å². The third-order valence-electron chi connectivity index (χ3n) is 4.86. The Kier molecular flexibility index (Phi) is 8.09. The van der Waals surface area contributed by atoms with Gasteiger partial charge in [0.05, 0.1) is 0 Å². The average molecular weight is 364 g/mol. The third kappa shape index (κ3) is 7.99. The van der Waals surface area contributed by atoms with Crippen LogP contribution in [0, 0.1) is 23.7 Å². The molecule has 1 aliphatic carbocycles. The minimum Gasteiger partial charge on any atom is -0.406 e. The Balaban J connectivity index is 1.74. The van der Waals surface area contributed by atoms with E-state index in [1.807, 2.05) is 6.08 Å². The summed E-state index contributed by atoms with van der Waals surface area (Å²) in [5.74, 6) is 7.20. The first-order valence-corrected chi connectivity index (χ1v) is 9.50. The fraction of sp³-hybridized carbons (Fsp3) is 0.545. The number of alkyl halides is 3. The van der Waals surface area contributed by atoms with Gasteiger partial charge in [0.2, 0.25) is 0 Å². The van der Waals surface area contributed by atoms with Crippen molar-refractivity contribution in [3.8, 4) is 17.6 Å². The third-order valence-corrected chi connectivity index (χ3v) is 4.86. The molecule has 0 saturated heterocycles. The van der Waals surface area contributed by atoms with Gasteiger partial charge in [-0.25, -0.2) is 0 Å². The summed E-state index contributed by atoms with van der Waals surface area (Å²) >= 11 is 0. The summed E-state index contributed by atoms with van der Waals surface area (Å²) in [6.07, 6.45) is 9.85. The van der Waals surface area contributed by atoms with Crippen LogP contribution in [-0.4, -0.2) is 6.36 Å². The molecule has 1 aliphatic rings. The Labute approximate surface area is 154 Å². The summed E-state index contributed by atoms with van der Waals surface area (Å²) in [6.45, 7) is 2.24. The lowest BCUT2D eigenvalue weighted by Crippen LogP contribution is -2.16. The number of benzene rings is 1. The maximum Gasteiger partial charge on any atom is 0.573 e. The number of rotatable bonds is 6. The van der Waals surface area contributed by atoms with Crippen LogP contribution >= 0.6 is 0 Å². The lowest BCUT2D eigenvalue weighted by atomic mass is 9.79. The Morgan fingerprint density at radius 2 is 1.77 bits per heavy atom. The van der Waals surface area contributed by atoms with Gasteiger partial charge in [0.1, 0.15) is 5.75 Å². The van der Waals surface area contributed by atoms with Crippen molar-refractivity contribution in [3.63, 3.8) is 0 Å². The normalized spacial score (nSPS) is 20.6. The summed E-state index contributed by atoms with van der Waals surface area (Å²) in [5, 5.41) is 0. The van der Waals surface area contributed by atoms with Gasteiger partial charge in [-0.15, -0.1) is 13.2 Å². The fourth-order valence-corrected chi connectivity index (χ4v) is 3.40. The molecule has 26 heavy (non-hydrogen) atoms. The van der Waals surface area contributed by atoms with E-state index in [-0.39, 0.29) is 5.75 Å². The molecule has 1 fully saturated rings. The zero-order chi connectivity index (χ0) is 18.8. The van der Waals surface area contributed by atoms with Crippen molar-refractivity contribution < 1.29 is 17.9 Å². The van der Waals surface area contributed by atoms with E-state index in [0.717, 1.165) is 5.92 Å². The van der Waals surface area contributed by atoms with Crippen LogP contribution in [0.5, 0.6) is 5.75 Å². The minimum atomic E-state index is -4.66. The van der Waals surface area contributed by atoms with E-state index in [2.05, 4.69) is 29.6 Å². The summed E-state index contributed by atoms with van der Waals surface area (Å²) in [7, 11) is 0. The summed E-state index contributed by atoms with van der Waals surface area (Å²) < 4.78 is 40.2. The number of hydrogen-bond donors (Lipinski definition) is 0. The molecule has 1 nitrogen and oxygen atoms in total. The molecular weight excluding hydrogens is 337 g/mol. The van der Waals surface area contributed by atoms with E-state index in [1.54, 1.807) is 0 Å². The van der Waals surface area contributed by atoms with Crippen LogP contribution in [-0.2, 0) is 0 Å². The maximum absolute atomic E-state index is 12.1. The van der Waals surface area contributed by atoms with Crippen molar-refractivity contribution in [3.05, 3.63) is 42.0 Å². The first-order valence-electron chi connectivity index (χ1n) is 9.50. The van der Waals surface area contributed by atoms with Gasteiger partial charge in [-0.1, -0.05) is 50.5 Å². The van der Waals surface area contributed by atoms with Crippen LogP contribution in [0.3, 0.4) is 0 Å². The standard InChI is InChI=1S/C22H27F3O/c1-2-3-4-7-18-10-12-19(13-11-18)8-5-6-9-20-14-16-21(17-15-20)26-22(23,24)25/h5,8,14-19H,2-4,7,10-13H2,1H3/b8-5+. The van der Waals surface area contributed by atoms with Gasteiger partial charge >= 0.3 is 6.36 Å². The fourth-order valence-electron chi connectivity index (χ4n) is 3.40. The van der Waals surface area contributed by atoms with E-state index >= 15 is 0 Å². The molecule has 0 spiro atoms. The molecule has 0 atom stereocenters. The molecule has 1 aromatic carbocycles. The van der Waals surface area contributed by atoms with Crippen molar-refractivity contribution in [1.29, 1.82) is 0 Å². The minimum absolute atomic E-state index is 0.228. The first kappa shape index (κ1) is 20.4. The Morgan fingerprint density at radius 1 is 1.08 bits per heavy atom. The van der Waals surface area contributed by atoms with Crippen molar-refractivity contribution in [2.75, 3.05) is 0 Å². The Bertz CT molecular complexity index is 612. The maximum atomic E-state index is 12.1. The number of ether oxygens (including phenoxy) is 1. The van der Waals surface area contributed by atoms with Crippen LogP contribution in [0.15, 0.2) is 36.4 Å². The highest BCUT2D eigenvalue weighted by molar-refractivity contribution is 5.40. The van der Waals surface area contributed by atoms with E-state index in [1.165, 1.54) is 75.6 Å². The largest absolute Gasteiger partial charge is 0.573 e. The predicted octanol–water partition coefficient (Wildman–Crippen LogP) is 6.88. The summed E-state index contributed by atoms with van der Waals surface area (Å²) in [5.41, 5.74) is 0.670. The van der Waals surface area contributed by atoms with Crippen molar-refractivity contribution >= 4 is 0 Å². The zero-order valence-electron chi connectivity index (χ0n) is 15.3. The molecule has 1 saturated carbocycles. The van der Waals surface area contributed by atoms with E-state index < -0.39 is 6.36 Å². The molecule has 1 aromatic rings. The molecule has 0 bridgehead atoms. The second kappa shape index (κ2) is 10.3. The van der Waals surface area contributed by atoms with Gasteiger partial charge in [-0.3, -0.25) is 0 Å². The predicted molar refractivity (Wildman–Crippen MR) is 98.7 cm³/mol. The highest BCUT2D eigenvalue weighted by Crippen LogP contribution is 2.32. The number of halogens is 3. The van der Waals surface area contributed by atoms with Crippen LogP contribution in [0.1, 0.15) is 63.9 Å². The van der Waals surface area contributed by atoms with Gasteiger partial charge < -0.3 is 4.74 Å². The van der Waals surface area contributed by atoms with E-state index in [0.29, 0.717) is 11.5 Å². The molecule has 0 heterocycles. The highest BCUT2D eigenvalue weighted by atomic mass is 19.4. The monoisotopic (exact) mass is 364 g/mol. The molecule has 0 N–H and O–H groups in total. The van der Waals surface area contributed by atoms with Crippen LogP contribution < -0.4 is 4.74 Å². The molecule has 0 amide bonds. The SMILES string of the molecule is CCCCCC1CCC(/C=C/C#Cc2ccc(OC(F)(F)F)cc2)CC1. The van der Waals surface area contributed by atoms with Crippen molar-refractivity contribution in [2.24, 2.45) is 11.8 Å². The molecule has 0 unspecified atom stereocenters. The molecule has 4 heteroatoms. The molecule has 2 rings (SSSR count). The summed E-state index contributed by atoms with van der Waals surface area (Å²) in [4.78, 5) is 0. The Hall–Kier alpha value is -1.89. The van der Waals surface area contributed by atoms with Gasteiger partial charge in [0.15, 0.2) is 0 Å². The number of hydrogen-bond acceptors (Lipinski definition) is 1. The lowest BCUT2D eigenvalue weighted by Gasteiger charge is -2.26. The number of allylic oxidation sites excluding steroid dienone is 2. The van der Waals surface area contributed by atoms with Crippen molar-refractivity contribution in [2.45, 2.75) is 64.7 Å². The van der Waals surface area contributed by atoms with Gasteiger partial charge in [0, 0.05) is 5.56 Å². The second-order valence-electron chi connectivity index (χ2n) is 6.98. The topological polar surface area (TPSA) is 9.23 Å². The van der Waals surface area contributed by atoms with Crippen LogP contribution in [0.2, 0.25) is 0 Å². The lowest BCUT2D eigenvalue weighted by molar-refractivity contribution is -0.274. The Morgan fingerprint density at radius 3 is 2.38 bits per heavy atom. The molecular formula is C22H27F3O. The summed E-state index contributed by atoms with van der Waals surface area (Å²) in [6, 6.07) is 5.62. The van der Waals surface area contributed by atoms with E-state index in [9.17, 15) is 13.2 Å².